The van der Waals surface area contributed by atoms with Crippen molar-refractivity contribution in [1.82, 2.24) is 0 Å². The zero-order valence-electron chi connectivity index (χ0n) is 27.5. The van der Waals surface area contributed by atoms with E-state index < -0.39 is 44.7 Å². The number of unbranched alkanes of at least 4 members (excludes halogenated alkanes) is 11. The maximum atomic E-state index is 12.5. The van der Waals surface area contributed by atoms with Crippen LogP contribution < -0.4 is 0 Å². The SMILES string of the molecule is CCCCCCCCCC(=O)OC[C@H](COP(=O)(O)O)OC(=O)CCCCCC[C@H]1C(=O)C[C@@H](O)[C@@H]1/C=C/[C@@H](O)CCCCC. The predicted molar refractivity (Wildman–Crippen MR) is 171 cm³/mol. The third-order valence-corrected chi connectivity index (χ3v) is 8.66. The molecule has 0 saturated heterocycles. The number of carbonyl (C=O) groups is 3. The number of ketones is 1. The fourth-order valence-electron chi connectivity index (χ4n) is 5.56. The highest BCUT2D eigenvalue weighted by molar-refractivity contribution is 7.46. The van der Waals surface area contributed by atoms with E-state index >= 15 is 0 Å². The zero-order valence-corrected chi connectivity index (χ0v) is 28.4. The maximum Gasteiger partial charge on any atom is 0.469 e. The summed E-state index contributed by atoms with van der Waals surface area (Å²) >= 11 is 0. The second kappa shape index (κ2) is 24.5. The minimum Gasteiger partial charge on any atom is -0.462 e. The highest BCUT2D eigenvalue weighted by Crippen LogP contribution is 2.36. The minimum absolute atomic E-state index is 0.0351. The van der Waals surface area contributed by atoms with Gasteiger partial charge in [0.1, 0.15) is 12.4 Å². The zero-order chi connectivity index (χ0) is 33.5. The van der Waals surface area contributed by atoms with Gasteiger partial charge in [0.05, 0.1) is 18.8 Å². The molecule has 0 heterocycles. The van der Waals surface area contributed by atoms with Crippen molar-refractivity contribution in [1.29, 1.82) is 0 Å². The van der Waals surface area contributed by atoms with Crippen LogP contribution in [0.4, 0.5) is 0 Å². The summed E-state index contributed by atoms with van der Waals surface area (Å²) < 4.78 is 26.1. The van der Waals surface area contributed by atoms with Gasteiger partial charge in [-0.05, 0) is 25.7 Å². The normalized spacial score (nSPS) is 20.0. The fourth-order valence-corrected chi connectivity index (χ4v) is 5.92. The lowest BCUT2D eigenvalue weighted by molar-refractivity contribution is -0.161. The Morgan fingerprint density at radius 3 is 2.09 bits per heavy atom. The highest BCUT2D eigenvalue weighted by atomic mass is 31.2. The molecule has 0 amide bonds. The molecule has 1 aliphatic rings. The number of aliphatic hydroxyl groups excluding tert-OH is 2. The van der Waals surface area contributed by atoms with Crippen molar-refractivity contribution >= 4 is 25.5 Å². The van der Waals surface area contributed by atoms with E-state index in [4.69, 9.17) is 19.3 Å². The molecule has 4 N–H and O–H groups in total. The fraction of sp³-hybridized carbons (Fsp3) is 0.848. The molecule has 0 radical (unpaired) electrons. The summed E-state index contributed by atoms with van der Waals surface area (Å²) in [6, 6.07) is 0. The molecule has 262 valence electrons. The molecule has 0 aromatic carbocycles. The van der Waals surface area contributed by atoms with Gasteiger partial charge in [0.2, 0.25) is 0 Å². The Kier molecular flexibility index (Phi) is 22.6. The first-order chi connectivity index (χ1) is 21.5. The molecule has 5 atom stereocenters. The topological polar surface area (TPSA) is 177 Å². The molecule has 45 heavy (non-hydrogen) atoms. The van der Waals surface area contributed by atoms with Crippen LogP contribution in [0.2, 0.25) is 0 Å². The number of aliphatic hydroxyl groups is 2. The van der Waals surface area contributed by atoms with Gasteiger partial charge in [-0.1, -0.05) is 103 Å². The van der Waals surface area contributed by atoms with Crippen molar-refractivity contribution in [2.45, 2.75) is 154 Å². The smallest absolute Gasteiger partial charge is 0.462 e. The van der Waals surface area contributed by atoms with E-state index in [0.29, 0.717) is 32.1 Å². The Labute approximate surface area is 269 Å². The standard InChI is InChI=1S/C33H59O11P/c1-3-5-7-8-9-10-15-19-32(37)42-24-27(25-43-45(39,40)41)44-33(38)20-16-12-11-14-18-28-29(31(36)23-30(28)35)22-21-26(34)17-13-6-4-2/h21-22,26-29,31,34,36H,3-20,23-25H2,1-2H3,(H2,39,40,41)/b22-21+/t26-,27+,28+,29+,31+/m0/s1. The van der Waals surface area contributed by atoms with E-state index in [9.17, 15) is 29.2 Å². The van der Waals surface area contributed by atoms with Gasteiger partial charge in [-0.3, -0.25) is 18.9 Å². The Balaban J connectivity index is 2.38. The van der Waals surface area contributed by atoms with Gasteiger partial charge in [-0.2, -0.15) is 0 Å². The Hall–Kier alpha value is -1.62. The van der Waals surface area contributed by atoms with Gasteiger partial charge in [0, 0.05) is 31.1 Å². The first-order valence-electron chi connectivity index (χ1n) is 17.1. The number of ether oxygens (including phenoxy) is 2. The molecule has 11 nitrogen and oxygen atoms in total. The van der Waals surface area contributed by atoms with Gasteiger partial charge in [0.25, 0.3) is 0 Å². The first kappa shape index (κ1) is 41.4. The number of Topliss-reactive ketones (excluding diaryl/α,β-unsaturated/α-hetero) is 1. The molecule has 1 aliphatic carbocycles. The van der Waals surface area contributed by atoms with Crippen molar-refractivity contribution in [3.63, 3.8) is 0 Å². The Morgan fingerprint density at radius 1 is 0.867 bits per heavy atom. The number of hydrogen-bond donors (Lipinski definition) is 4. The molecule has 12 heteroatoms. The molecule has 0 aromatic rings. The molecular weight excluding hydrogens is 603 g/mol. The van der Waals surface area contributed by atoms with Crippen molar-refractivity contribution in [2.75, 3.05) is 13.2 Å². The van der Waals surface area contributed by atoms with E-state index in [0.717, 1.165) is 51.4 Å². The average Bonchev–Trinajstić information content (AvgIpc) is 3.25. The molecule has 0 spiro atoms. The van der Waals surface area contributed by atoms with E-state index in [2.05, 4.69) is 18.4 Å². The Morgan fingerprint density at radius 2 is 1.44 bits per heavy atom. The van der Waals surface area contributed by atoms with Gasteiger partial charge in [-0.25, -0.2) is 4.57 Å². The third-order valence-electron chi connectivity index (χ3n) is 8.18. The molecule has 0 unspecified atom stereocenters. The molecule has 0 aromatic heterocycles. The summed E-state index contributed by atoms with van der Waals surface area (Å²) in [4.78, 5) is 55.0. The van der Waals surface area contributed by atoms with E-state index in [1.165, 1.54) is 19.3 Å². The van der Waals surface area contributed by atoms with Crippen molar-refractivity contribution < 1.29 is 52.9 Å². The van der Waals surface area contributed by atoms with Crippen LogP contribution >= 0.6 is 7.82 Å². The lowest BCUT2D eigenvalue weighted by Crippen LogP contribution is -2.29. The molecule has 1 fully saturated rings. The van der Waals surface area contributed by atoms with Crippen molar-refractivity contribution in [2.24, 2.45) is 11.8 Å². The van der Waals surface area contributed by atoms with E-state index in [-0.39, 0.29) is 43.5 Å². The highest BCUT2D eigenvalue weighted by Gasteiger charge is 2.39. The predicted octanol–water partition coefficient (Wildman–Crippen LogP) is 6.10. The molecular formula is C33H59O11P. The van der Waals surface area contributed by atoms with Crippen LogP contribution in [-0.4, -0.2) is 69.2 Å². The van der Waals surface area contributed by atoms with Crippen LogP contribution in [0.5, 0.6) is 0 Å². The summed E-state index contributed by atoms with van der Waals surface area (Å²) in [6.45, 7) is 3.30. The van der Waals surface area contributed by atoms with Crippen LogP contribution in [0, 0.1) is 11.8 Å². The van der Waals surface area contributed by atoms with Crippen molar-refractivity contribution in [3.8, 4) is 0 Å². The van der Waals surface area contributed by atoms with Gasteiger partial charge >= 0.3 is 19.8 Å². The number of rotatable bonds is 27. The number of carbonyl (C=O) groups excluding carboxylic acids is 3. The molecule has 1 rings (SSSR count). The lowest BCUT2D eigenvalue weighted by atomic mass is 9.88. The second-order valence-electron chi connectivity index (χ2n) is 12.3. The number of esters is 2. The molecule has 1 saturated carbocycles. The minimum atomic E-state index is -4.80. The molecule has 0 aliphatic heterocycles. The van der Waals surface area contributed by atoms with Gasteiger partial charge < -0.3 is 29.5 Å². The van der Waals surface area contributed by atoms with Gasteiger partial charge in [-0.15, -0.1) is 0 Å². The second-order valence-corrected chi connectivity index (χ2v) is 13.5. The monoisotopic (exact) mass is 662 g/mol. The van der Waals surface area contributed by atoms with Crippen molar-refractivity contribution in [3.05, 3.63) is 12.2 Å². The summed E-state index contributed by atoms with van der Waals surface area (Å²) in [5.41, 5.74) is 0. The summed E-state index contributed by atoms with van der Waals surface area (Å²) in [5.74, 6) is -1.60. The number of hydrogen-bond acceptors (Lipinski definition) is 9. The van der Waals surface area contributed by atoms with Crippen LogP contribution in [0.3, 0.4) is 0 Å². The Bertz CT molecular complexity index is 903. The number of phosphoric acid groups is 1. The van der Waals surface area contributed by atoms with Crippen LogP contribution in [0.1, 0.15) is 136 Å². The largest absolute Gasteiger partial charge is 0.469 e. The summed E-state index contributed by atoms with van der Waals surface area (Å²) in [5, 5.41) is 20.6. The van der Waals surface area contributed by atoms with E-state index in [1.54, 1.807) is 12.2 Å². The average molecular weight is 663 g/mol. The maximum absolute atomic E-state index is 12.5. The van der Waals surface area contributed by atoms with Crippen LogP contribution in [0.25, 0.3) is 0 Å². The molecule has 0 bridgehead atoms. The summed E-state index contributed by atoms with van der Waals surface area (Å²) in [7, 11) is -4.80. The van der Waals surface area contributed by atoms with Gasteiger partial charge in [0.15, 0.2) is 6.10 Å². The summed E-state index contributed by atoms with van der Waals surface area (Å²) in [6.07, 6.45) is 15.9. The first-order valence-corrected chi connectivity index (χ1v) is 18.6. The van der Waals surface area contributed by atoms with E-state index in [1.807, 2.05) is 0 Å². The quantitative estimate of drug-likeness (QED) is 0.0346. The third kappa shape index (κ3) is 21.0. The van der Waals surface area contributed by atoms with Crippen LogP contribution in [0.15, 0.2) is 12.2 Å². The number of phosphoric ester groups is 1. The van der Waals surface area contributed by atoms with Crippen LogP contribution in [-0.2, 0) is 32.9 Å². The lowest BCUT2D eigenvalue weighted by Gasteiger charge is -2.19.